The van der Waals surface area contributed by atoms with Gasteiger partial charge >= 0.3 is 0 Å². The zero-order valence-corrected chi connectivity index (χ0v) is 12.2. The number of piperidine rings is 1. The first-order valence-electron chi connectivity index (χ1n) is 7.65. The molecule has 1 aliphatic heterocycles. The third-order valence-corrected chi connectivity index (χ3v) is 4.99. The van der Waals surface area contributed by atoms with E-state index in [1.807, 2.05) is 0 Å². The van der Waals surface area contributed by atoms with Crippen LogP contribution in [0, 0.1) is 17.8 Å². The standard InChI is InChI=1S/C15H30N2O/c1-10(2)15(18)7-12-6-13(16)9-17(8-12)14-5-4-11(14)3/h10-15,18H,4-9,16H2,1-3H3. The Balaban J connectivity index is 1.88. The minimum Gasteiger partial charge on any atom is -0.393 e. The molecule has 3 N–H and O–H groups in total. The van der Waals surface area contributed by atoms with Crippen LogP contribution in [0.2, 0.25) is 0 Å². The maximum Gasteiger partial charge on any atom is 0.0566 e. The molecule has 1 saturated heterocycles. The molecule has 5 atom stereocenters. The molecule has 2 rings (SSSR count). The van der Waals surface area contributed by atoms with Crippen molar-refractivity contribution in [2.75, 3.05) is 13.1 Å². The predicted octanol–water partition coefficient (Wildman–Crippen LogP) is 1.84. The Morgan fingerprint density at radius 2 is 2.00 bits per heavy atom. The fourth-order valence-corrected chi connectivity index (χ4v) is 3.53. The lowest BCUT2D eigenvalue weighted by Crippen LogP contribution is -2.56. The summed E-state index contributed by atoms with van der Waals surface area (Å²) in [6.45, 7) is 8.75. The molecule has 0 aromatic carbocycles. The minimum absolute atomic E-state index is 0.166. The largest absolute Gasteiger partial charge is 0.393 e. The van der Waals surface area contributed by atoms with Crippen LogP contribution in [-0.2, 0) is 0 Å². The Bertz CT molecular complexity index is 269. The average Bonchev–Trinajstić information content (AvgIpc) is 2.26. The summed E-state index contributed by atoms with van der Waals surface area (Å²) in [6.07, 6.45) is 4.55. The number of aliphatic hydroxyl groups is 1. The summed E-state index contributed by atoms with van der Waals surface area (Å²) in [5, 5.41) is 10.1. The highest BCUT2D eigenvalue weighted by Crippen LogP contribution is 2.35. The Labute approximate surface area is 112 Å². The van der Waals surface area contributed by atoms with E-state index in [4.69, 9.17) is 5.73 Å². The highest BCUT2D eigenvalue weighted by molar-refractivity contribution is 4.92. The molecule has 1 heterocycles. The number of rotatable bonds is 4. The van der Waals surface area contributed by atoms with Gasteiger partial charge in [-0.15, -0.1) is 0 Å². The molecule has 5 unspecified atom stereocenters. The van der Waals surface area contributed by atoms with Crippen molar-refractivity contribution < 1.29 is 5.11 Å². The van der Waals surface area contributed by atoms with E-state index in [9.17, 15) is 5.11 Å². The maximum atomic E-state index is 10.1. The van der Waals surface area contributed by atoms with Gasteiger partial charge in [-0.1, -0.05) is 20.8 Å². The van der Waals surface area contributed by atoms with E-state index < -0.39 is 0 Å². The predicted molar refractivity (Wildman–Crippen MR) is 75.3 cm³/mol. The van der Waals surface area contributed by atoms with Gasteiger partial charge < -0.3 is 10.8 Å². The zero-order valence-electron chi connectivity index (χ0n) is 12.2. The van der Waals surface area contributed by atoms with Crippen LogP contribution in [0.1, 0.15) is 46.5 Å². The van der Waals surface area contributed by atoms with Gasteiger partial charge in [-0.05, 0) is 43.4 Å². The molecular weight excluding hydrogens is 224 g/mol. The third-order valence-electron chi connectivity index (χ3n) is 4.99. The monoisotopic (exact) mass is 254 g/mol. The molecule has 1 saturated carbocycles. The van der Waals surface area contributed by atoms with Crippen molar-refractivity contribution in [1.29, 1.82) is 0 Å². The van der Waals surface area contributed by atoms with Crippen LogP contribution in [0.4, 0.5) is 0 Å². The van der Waals surface area contributed by atoms with Gasteiger partial charge in [0.15, 0.2) is 0 Å². The average molecular weight is 254 g/mol. The Morgan fingerprint density at radius 1 is 1.28 bits per heavy atom. The quantitative estimate of drug-likeness (QED) is 0.805. The molecule has 2 aliphatic rings. The SMILES string of the molecule is CC(C)C(O)CC1CC(N)CN(C2CCC2C)C1. The second kappa shape index (κ2) is 5.89. The van der Waals surface area contributed by atoms with Gasteiger partial charge in [-0.25, -0.2) is 0 Å². The molecule has 3 heteroatoms. The van der Waals surface area contributed by atoms with Gasteiger partial charge in [0.25, 0.3) is 0 Å². The van der Waals surface area contributed by atoms with Crippen LogP contribution in [0.15, 0.2) is 0 Å². The summed E-state index contributed by atoms with van der Waals surface area (Å²) in [5.41, 5.74) is 6.21. The molecule has 18 heavy (non-hydrogen) atoms. The second-order valence-electron chi connectivity index (χ2n) is 6.98. The molecule has 0 aromatic rings. The Kier molecular flexibility index (Phi) is 4.68. The minimum atomic E-state index is -0.166. The van der Waals surface area contributed by atoms with E-state index in [0.717, 1.165) is 37.9 Å². The van der Waals surface area contributed by atoms with Crippen molar-refractivity contribution in [1.82, 2.24) is 4.90 Å². The number of aliphatic hydroxyl groups excluding tert-OH is 1. The highest BCUT2D eigenvalue weighted by Gasteiger charge is 2.37. The molecule has 0 bridgehead atoms. The summed E-state index contributed by atoms with van der Waals surface area (Å²) in [4.78, 5) is 2.60. The summed E-state index contributed by atoms with van der Waals surface area (Å²) in [5.74, 6) is 1.78. The first-order chi connectivity index (χ1) is 8.47. The van der Waals surface area contributed by atoms with Gasteiger partial charge in [0, 0.05) is 25.2 Å². The fraction of sp³-hybridized carbons (Fsp3) is 1.00. The number of hydrogen-bond acceptors (Lipinski definition) is 3. The molecule has 0 aromatic heterocycles. The van der Waals surface area contributed by atoms with Crippen molar-refractivity contribution in [3.05, 3.63) is 0 Å². The molecular formula is C15H30N2O. The summed E-state index contributed by atoms with van der Waals surface area (Å²) >= 11 is 0. The van der Waals surface area contributed by atoms with Crippen LogP contribution in [0.3, 0.4) is 0 Å². The maximum absolute atomic E-state index is 10.1. The number of likely N-dealkylation sites (tertiary alicyclic amines) is 1. The normalized spacial score (nSPS) is 39.7. The Hall–Kier alpha value is -0.120. The van der Waals surface area contributed by atoms with Crippen molar-refractivity contribution in [2.45, 2.75) is 64.6 Å². The first-order valence-corrected chi connectivity index (χ1v) is 7.65. The van der Waals surface area contributed by atoms with Crippen LogP contribution in [0.5, 0.6) is 0 Å². The second-order valence-corrected chi connectivity index (χ2v) is 6.98. The van der Waals surface area contributed by atoms with Crippen molar-refractivity contribution in [3.63, 3.8) is 0 Å². The highest BCUT2D eigenvalue weighted by atomic mass is 16.3. The van der Waals surface area contributed by atoms with Crippen molar-refractivity contribution >= 4 is 0 Å². The summed E-state index contributed by atoms with van der Waals surface area (Å²) < 4.78 is 0. The number of hydrogen-bond donors (Lipinski definition) is 2. The van der Waals surface area contributed by atoms with E-state index in [0.29, 0.717) is 17.9 Å². The van der Waals surface area contributed by atoms with Gasteiger partial charge in [0.05, 0.1) is 6.10 Å². The van der Waals surface area contributed by atoms with Gasteiger partial charge in [0.1, 0.15) is 0 Å². The summed E-state index contributed by atoms with van der Waals surface area (Å²) in [7, 11) is 0. The van der Waals surface area contributed by atoms with Crippen LogP contribution in [0.25, 0.3) is 0 Å². The smallest absolute Gasteiger partial charge is 0.0566 e. The molecule has 0 amide bonds. The van der Waals surface area contributed by atoms with Gasteiger partial charge in [-0.2, -0.15) is 0 Å². The topological polar surface area (TPSA) is 49.5 Å². The lowest BCUT2D eigenvalue weighted by Gasteiger charge is -2.48. The Morgan fingerprint density at radius 3 is 2.50 bits per heavy atom. The molecule has 0 radical (unpaired) electrons. The van der Waals surface area contributed by atoms with Gasteiger partial charge in [-0.3, -0.25) is 4.90 Å². The molecule has 1 aliphatic carbocycles. The van der Waals surface area contributed by atoms with E-state index in [2.05, 4.69) is 25.7 Å². The third kappa shape index (κ3) is 3.25. The first kappa shape index (κ1) is 14.3. The van der Waals surface area contributed by atoms with Crippen molar-refractivity contribution in [3.8, 4) is 0 Å². The zero-order chi connectivity index (χ0) is 13.3. The van der Waals surface area contributed by atoms with Crippen molar-refractivity contribution in [2.24, 2.45) is 23.5 Å². The lowest BCUT2D eigenvalue weighted by molar-refractivity contribution is 0.00990. The number of nitrogens with zero attached hydrogens (tertiary/aromatic N) is 1. The van der Waals surface area contributed by atoms with Crippen LogP contribution >= 0.6 is 0 Å². The van der Waals surface area contributed by atoms with E-state index >= 15 is 0 Å². The molecule has 0 spiro atoms. The van der Waals surface area contributed by atoms with Crippen LogP contribution < -0.4 is 5.73 Å². The lowest BCUT2D eigenvalue weighted by atomic mass is 9.77. The number of nitrogens with two attached hydrogens (primary N) is 1. The molecule has 2 fully saturated rings. The van der Waals surface area contributed by atoms with E-state index in [1.54, 1.807) is 0 Å². The van der Waals surface area contributed by atoms with E-state index in [-0.39, 0.29) is 6.10 Å². The molecule has 106 valence electrons. The fourth-order valence-electron chi connectivity index (χ4n) is 3.53. The van der Waals surface area contributed by atoms with E-state index in [1.165, 1.54) is 12.8 Å². The van der Waals surface area contributed by atoms with Gasteiger partial charge in [0.2, 0.25) is 0 Å². The summed E-state index contributed by atoms with van der Waals surface area (Å²) in [6, 6.07) is 1.06. The molecule has 3 nitrogen and oxygen atoms in total. The van der Waals surface area contributed by atoms with Crippen LogP contribution in [-0.4, -0.2) is 41.3 Å².